The smallest absolute Gasteiger partial charge is 0.0718 e. The molecule has 0 amide bonds. The van der Waals surface area contributed by atoms with E-state index in [1.54, 1.807) is 0 Å². The predicted molar refractivity (Wildman–Crippen MR) is 64.6 cm³/mol. The van der Waals surface area contributed by atoms with Crippen LogP contribution in [0.3, 0.4) is 0 Å². The molecule has 3 rings (SSSR count). The van der Waals surface area contributed by atoms with Gasteiger partial charge < -0.3 is 9.47 Å². The van der Waals surface area contributed by atoms with Gasteiger partial charge in [0.05, 0.1) is 19.3 Å². The quantitative estimate of drug-likeness (QED) is 0.732. The molecule has 2 unspecified atom stereocenters. The van der Waals surface area contributed by atoms with Crippen LogP contribution in [0.4, 0.5) is 0 Å². The average Bonchev–Trinajstić information content (AvgIpc) is 2.78. The number of nitrogens with zero attached hydrogens (tertiary/aromatic N) is 1. The summed E-state index contributed by atoms with van der Waals surface area (Å²) in [5.74, 6) is 0. The average molecular weight is 227 g/mol. The van der Waals surface area contributed by atoms with Crippen molar-refractivity contribution in [3.8, 4) is 0 Å². The Hall–Kier alpha value is -0.120. The number of likely N-dealkylation sites (tertiary alicyclic amines) is 1. The van der Waals surface area contributed by atoms with E-state index in [0.29, 0.717) is 17.6 Å². The highest BCUT2D eigenvalue weighted by atomic mass is 16.5. The molecule has 3 aliphatic rings. The number of ether oxygens (including phenoxy) is 2. The van der Waals surface area contributed by atoms with E-state index in [1.807, 2.05) is 21.0 Å². The molecule has 3 heteroatoms. The van der Waals surface area contributed by atoms with Crippen molar-refractivity contribution in [2.24, 2.45) is 5.41 Å². The van der Waals surface area contributed by atoms with E-state index in [4.69, 9.17) is 9.47 Å². The third kappa shape index (κ3) is 2.41. The normalized spacial score (nSPS) is 34.7. The highest BCUT2D eigenvalue weighted by Gasteiger charge is 2.48. The van der Waals surface area contributed by atoms with Gasteiger partial charge in [-0.2, -0.15) is 0 Å². The Kier molecular flexibility index (Phi) is 3.88. The molecular formula is C13H25NO2. The summed E-state index contributed by atoms with van der Waals surface area (Å²) < 4.78 is 10.9. The fourth-order valence-corrected chi connectivity index (χ4v) is 2.93. The Bertz CT molecular complexity index is 228. The lowest BCUT2D eigenvalue weighted by molar-refractivity contribution is 0.0135. The molecule has 0 radical (unpaired) electrons. The molecule has 3 nitrogen and oxygen atoms in total. The van der Waals surface area contributed by atoms with E-state index >= 15 is 0 Å². The molecule has 2 aliphatic heterocycles. The van der Waals surface area contributed by atoms with Gasteiger partial charge in [-0.15, -0.1) is 0 Å². The Morgan fingerprint density at radius 1 is 1.38 bits per heavy atom. The van der Waals surface area contributed by atoms with E-state index in [0.717, 1.165) is 19.8 Å². The first-order valence-corrected chi connectivity index (χ1v) is 6.66. The second kappa shape index (κ2) is 5.03. The molecule has 1 aliphatic carbocycles. The summed E-state index contributed by atoms with van der Waals surface area (Å²) >= 11 is 0. The number of rotatable bonds is 4. The van der Waals surface area contributed by atoms with Crippen LogP contribution in [0.15, 0.2) is 0 Å². The third-order valence-corrected chi connectivity index (χ3v) is 3.96. The van der Waals surface area contributed by atoms with Crippen LogP contribution in [-0.4, -0.2) is 50.5 Å². The minimum atomic E-state index is 0.513. The monoisotopic (exact) mass is 227 g/mol. The molecule has 16 heavy (non-hydrogen) atoms. The van der Waals surface area contributed by atoms with Gasteiger partial charge in [0, 0.05) is 31.7 Å². The molecule has 3 fully saturated rings. The van der Waals surface area contributed by atoms with Crippen molar-refractivity contribution in [1.82, 2.24) is 4.90 Å². The number of methoxy groups -OCH3 is 1. The first-order chi connectivity index (χ1) is 7.81. The number of hydrogen-bond donors (Lipinski definition) is 0. The SMILES string of the molecule is CC.COCC1(CN2CC3CC2CO3)CC1. The Labute approximate surface area is 99.1 Å². The zero-order valence-electron chi connectivity index (χ0n) is 10.9. The van der Waals surface area contributed by atoms with Crippen molar-refractivity contribution in [2.75, 3.05) is 33.4 Å². The highest BCUT2D eigenvalue weighted by molar-refractivity contribution is 5.00. The lowest BCUT2D eigenvalue weighted by Gasteiger charge is -2.30. The summed E-state index contributed by atoms with van der Waals surface area (Å²) in [6.07, 6.45) is 4.52. The van der Waals surface area contributed by atoms with Gasteiger partial charge in [0.2, 0.25) is 0 Å². The molecule has 0 aromatic heterocycles. The van der Waals surface area contributed by atoms with Gasteiger partial charge in [-0.25, -0.2) is 0 Å². The minimum Gasteiger partial charge on any atom is -0.384 e. The van der Waals surface area contributed by atoms with Gasteiger partial charge in [0.25, 0.3) is 0 Å². The first kappa shape index (κ1) is 12.3. The van der Waals surface area contributed by atoms with E-state index in [9.17, 15) is 0 Å². The molecule has 0 spiro atoms. The van der Waals surface area contributed by atoms with E-state index in [2.05, 4.69) is 4.90 Å². The molecule has 0 N–H and O–H groups in total. The Balaban J connectivity index is 0.000000457. The largest absolute Gasteiger partial charge is 0.384 e. The van der Waals surface area contributed by atoms with Crippen LogP contribution in [0.25, 0.3) is 0 Å². The van der Waals surface area contributed by atoms with E-state index in [1.165, 1.54) is 25.8 Å². The third-order valence-electron chi connectivity index (χ3n) is 3.96. The van der Waals surface area contributed by atoms with E-state index < -0.39 is 0 Å². The molecule has 0 aromatic rings. The van der Waals surface area contributed by atoms with Crippen LogP contribution in [0, 0.1) is 5.41 Å². The van der Waals surface area contributed by atoms with E-state index in [-0.39, 0.29) is 0 Å². The molecule has 0 aromatic carbocycles. The van der Waals surface area contributed by atoms with Gasteiger partial charge in [0.1, 0.15) is 0 Å². The molecule has 1 saturated carbocycles. The van der Waals surface area contributed by atoms with Gasteiger partial charge in [-0.05, 0) is 19.3 Å². The summed E-state index contributed by atoms with van der Waals surface area (Å²) in [5, 5.41) is 0. The fourth-order valence-electron chi connectivity index (χ4n) is 2.93. The van der Waals surface area contributed by atoms with Crippen molar-refractivity contribution >= 4 is 0 Å². The van der Waals surface area contributed by atoms with Crippen molar-refractivity contribution in [3.63, 3.8) is 0 Å². The topological polar surface area (TPSA) is 21.7 Å². The molecule has 2 bridgehead atoms. The van der Waals surface area contributed by atoms with Gasteiger partial charge in [-0.3, -0.25) is 4.90 Å². The summed E-state index contributed by atoms with van der Waals surface area (Å²) in [5.41, 5.74) is 0.513. The van der Waals surface area contributed by atoms with Gasteiger partial charge in [0.15, 0.2) is 0 Å². The Morgan fingerprint density at radius 2 is 2.12 bits per heavy atom. The predicted octanol–water partition coefficient (Wildman–Crippen LogP) is 1.91. The number of fused-ring (bicyclic) bond motifs is 2. The minimum absolute atomic E-state index is 0.513. The molecule has 2 atom stereocenters. The van der Waals surface area contributed by atoms with Crippen LogP contribution in [0.5, 0.6) is 0 Å². The van der Waals surface area contributed by atoms with Crippen molar-refractivity contribution in [3.05, 3.63) is 0 Å². The molecule has 94 valence electrons. The summed E-state index contributed by atoms with van der Waals surface area (Å²) in [7, 11) is 1.82. The van der Waals surface area contributed by atoms with Crippen molar-refractivity contribution in [1.29, 1.82) is 0 Å². The summed E-state index contributed by atoms with van der Waals surface area (Å²) in [6, 6.07) is 0.717. The summed E-state index contributed by atoms with van der Waals surface area (Å²) in [6.45, 7) is 8.32. The zero-order chi connectivity index (χ0) is 11.6. The van der Waals surface area contributed by atoms with Crippen molar-refractivity contribution in [2.45, 2.75) is 45.3 Å². The second-order valence-corrected chi connectivity index (χ2v) is 5.21. The van der Waals surface area contributed by atoms with Crippen molar-refractivity contribution < 1.29 is 9.47 Å². The lowest BCUT2D eigenvalue weighted by Crippen LogP contribution is -2.41. The molecule has 2 saturated heterocycles. The number of hydrogen-bond acceptors (Lipinski definition) is 3. The van der Waals surface area contributed by atoms with Crippen LogP contribution < -0.4 is 0 Å². The standard InChI is InChI=1S/C11H19NO2.C2H6/c1-13-8-11(2-3-11)7-12-5-10-4-9(12)6-14-10;1-2/h9-10H,2-8H2,1H3;1-2H3. The van der Waals surface area contributed by atoms with Crippen LogP contribution in [-0.2, 0) is 9.47 Å². The maximum Gasteiger partial charge on any atom is 0.0718 e. The zero-order valence-corrected chi connectivity index (χ0v) is 10.9. The number of morpholine rings is 1. The van der Waals surface area contributed by atoms with Gasteiger partial charge >= 0.3 is 0 Å². The van der Waals surface area contributed by atoms with Gasteiger partial charge in [-0.1, -0.05) is 13.8 Å². The first-order valence-electron chi connectivity index (χ1n) is 6.66. The summed E-state index contributed by atoms with van der Waals surface area (Å²) in [4.78, 5) is 2.63. The second-order valence-electron chi connectivity index (χ2n) is 5.21. The van der Waals surface area contributed by atoms with Crippen LogP contribution >= 0.6 is 0 Å². The molecular weight excluding hydrogens is 202 g/mol. The highest BCUT2D eigenvalue weighted by Crippen LogP contribution is 2.47. The van der Waals surface area contributed by atoms with Crippen LogP contribution in [0.1, 0.15) is 33.1 Å². The lowest BCUT2D eigenvalue weighted by atomic mass is 10.1. The Morgan fingerprint density at radius 3 is 2.56 bits per heavy atom. The van der Waals surface area contributed by atoms with Crippen LogP contribution in [0.2, 0.25) is 0 Å². The maximum atomic E-state index is 5.60. The molecule has 2 heterocycles. The fraction of sp³-hybridized carbons (Fsp3) is 1.00. The maximum absolute atomic E-state index is 5.60.